The maximum atomic E-state index is 11.2. The molecule has 0 radical (unpaired) electrons. The Labute approximate surface area is 95.4 Å². The highest BCUT2D eigenvalue weighted by molar-refractivity contribution is 5.73. The zero-order valence-corrected chi connectivity index (χ0v) is 9.60. The van der Waals surface area contributed by atoms with Crippen LogP contribution in [0.2, 0.25) is 0 Å². The van der Waals surface area contributed by atoms with E-state index in [2.05, 4.69) is 12.1 Å². The standard InChI is InChI=1S/C13H16O3/c1-15-12-5-3-9(4-6-12)10-7-11(8-10)13(14)16-2/h3-6,10-11H,7-8H2,1-2H3. The number of esters is 1. The number of hydrogen-bond acceptors (Lipinski definition) is 3. The summed E-state index contributed by atoms with van der Waals surface area (Å²) in [6.45, 7) is 0. The van der Waals surface area contributed by atoms with Crippen LogP contribution in [-0.4, -0.2) is 20.2 Å². The van der Waals surface area contributed by atoms with Gasteiger partial charge < -0.3 is 9.47 Å². The fourth-order valence-corrected chi connectivity index (χ4v) is 2.13. The van der Waals surface area contributed by atoms with Gasteiger partial charge in [0.15, 0.2) is 0 Å². The molecule has 1 saturated carbocycles. The highest BCUT2D eigenvalue weighted by Crippen LogP contribution is 2.42. The van der Waals surface area contributed by atoms with E-state index in [1.807, 2.05) is 12.1 Å². The van der Waals surface area contributed by atoms with Crippen LogP contribution in [0.4, 0.5) is 0 Å². The lowest BCUT2D eigenvalue weighted by Gasteiger charge is -2.33. The molecule has 16 heavy (non-hydrogen) atoms. The Kier molecular flexibility index (Phi) is 3.13. The summed E-state index contributed by atoms with van der Waals surface area (Å²) in [6.07, 6.45) is 1.80. The molecule has 0 heterocycles. The fraction of sp³-hybridized carbons (Fsp3) is 0.462. The lowest BCUT2D eigenvalue weighted by molar-refractivity contribution is -0.148. The molecule has 1 aromatic rings. The minimum absolute atomic E-state index is 0.0789. The smallest absolute Gasteiger partial charge is 0.308 e. The largest absolute Gasteiger partial charge is 0.497 e. The van der Waals surface area contributed by atoms with Gasteiger partial charge >= 0.3 is 5.97 Å². The van der Waals surface area contributed by atoms with Crippen LogP contribution in [0.1, 0.15) is 24.3 Å². The highest BCUT2D eigenvalue weighted by atomic mass is 16.5. The first-order valence-electron chi connectivity index (χ1n) is 5.46. The molecular formula is C13H16O3. The van der Waals surface area contributed by atoms with E-state index < -0.39 is 0 Å². The van der Waals surface area contributed by atoms with Crippen molar-refractivity contribution in [3.05, 3.63) is 29.8 Å². The first-order chi connectivity index (χ1) is 7.74. The molecule has 3 heteroatoms. The maximum Gasteiger partial charge on any atom is 0.308 e. The third kappa shape index (κ3) is 2.03. The topological polar surface area (TPSA) is 35.5 Å². The minimum atomic E-state index is -0.0789. The molecule has 0 aromatic heterocycles. The summed E-state index contributed by atoms with van der Waals surface area (Å²) >= 11 is 0. The van der Waals surface area contributed by atoms with Gasteiger partial charge in [-0.05, 0) is 36.5 Å². The average Bonchev–Trinajstić information content (AvgIpc) is 2.27. The molecule has 86 valence electrons. The maximum absolute atomic E-state index is 11.2. The Morgan fingerprint density at radius 3 is 2.31 bits per heavy atom. The zero-order valence-electron chi connectivity index (χ0n) is 9.60. The van der Waals surface area contributed by atoms with E-state index in [4.69, 9.17) is 9.47 Å². The number of ether oxygens (including phenoxy) is 2. The molecule has 1 aromatic carbocycles. The molecular weight excluding hydrogens is 204 g/mol. The summed E-state index contributed by atoms with van der Waals surface area (Å²) in [6, 6.07) is 8.05. The van der Waals surface area contributed by atoms with E-state index in [0.717, 1.165) is 18.6 Å². The van der Waals surface area contributed by atoms with Gasteiger partial charge in [0, 0.05) is 0 Å². The number of carbonyl (C=O) groups is 1. The molecule has 0 aliphatic heterocycles. The van der Waals surface area contributed by atoms with Crippen LogP contribution in [0.25, 0.3) is 0 Å². The molecule has 1 fully saturated rings. The van der Waals surface area contributed by atoms with Crippen LogP contribution in [0.3, 0.4) is 0 Å². The normalized spacial score (nSPS) is 23.4. The zero-order chi connectivity index (χ0) is 11.5. The quantitative estimate of drug-likeness (QED) is 0.733. The Morgan fingerprint density at radius 1 is 1.19 bits per heavy atom. The summed E-state index contributed by atoms with van der Waals surface area (Å²) in [5, 5.41) is 0. The molecule has 1 aliphatic rings. The predicted molar refractivity (Wildman–Crippen MR) is 60.5 cm³/mol. The van der Waals surface area contributed by atoms with Gasteiger partial charge in [-0.3, -0.25) is 4.79 Å². The lowest BCUT2D eigenvalue weighted by Crippen LogP contribution is -2.29. The van der Waals surface area contributed by atoms with Crippen molar-refractivity contribution in [2.75, 3.05) is 14.2 Å². The van der Waals surface area contributed by atoms with Gasteiger partial charge in [0.2, 0.25) is 0 Å². The molecule has 0 saturated heterocycles. The van der Waals surface area contributed by atoms with Crippen LogP contribution < -0.4 is 4.74 Å². The third-order valence-electron chi connectivity index (χ3n) is 3.26. The van der Waals surface area contributed by atoms with Gasteiger partial charge in [-0.15, -0.1) is 0 Å². The monoisotopic (exact) mass is 220 g/mol. The Hall–Kier alpha value is -1.51. The van der Waals surface area contributed by atoms with Crippen molar-refractivity contribution < 1.29 is 14.3 Å². The number of rotatable bonds is 3. The Bertz CT molecular complexity index is 363. The van der Waals surface area contributed by atoms with Crippen molar-refractivity contribution in [1.29, 1.82) is 0 Å². The third-order valence-corrected chi connectivity index (χ3v) is 3.26. The van der Waals surface area contributed by atoms with Gasteiger partial charge in [0.05, 0.1) is 20.1 Å². The van der Waals surface area contributed by atoms with E-state index in [9.17, 15) is 4.79 Å². The lowest BCUT2D eigenvalue weighted by atomic mass is 9.71. The highest BCUT2D eigenvalue weighted by Gasteiger charge is 2.35. The van der Waals surface area contributed by atoms with Crippen molar-refractivity contribution >= 4 is 5.97 Å². The predicted octanol–water partition coefficient (Wildman–Crippen LogP) is 2.36. The molecule has 0 N–H and O–H groups in total. The number of methoxy groups -OCH3 is 2. The molecule has 0 unspecified atom stereocenters. The van der Waals surface area contributed by atoms with Crippen molar-refractivity contribution in [2.45, 2.75) is 18.8 Å². The van der Waals surface area contributed by atoms with Crippen LogP contribution in [0.5, 0.6) is 5.75 Å². The molecule has 0 bridgehead atoms. The number of hydrogen-bond donors (Lipinski definition) is 0. The summed E-state index contributed by atoms with van der Waals surface area (Å²) in [5.74, 6) is 1.38. The second-order valence-corrected chi connectivity index (χ2v) is 4.16. The van der Waals surface area contributed by atoms with Crippen molar-refractivity contribution in [2.24, 2.45) is 5.92 Å². The molecule has 1 aliphatic carbocycles. The van der Waals surface area contributed by atoms with Crippen LogP contribution in [-0.2, 0) is 9.53 Å². The fourth-order valence-electron chi connectivity index (χ4n) is 2.13. The van der Waals surface area contributed by atoms with E-state index >= 15 is 0 Å². The number of benzene rings is 1. The first kappa shape index (κ1) is 11.0. The average molecular weight is 220 g/mol. The Balaban J connectivity index is 1.93. The van der Waals surface area contributed by atoms with E-state index in [1.165, 1.54) is 12.7 Å². The summed E-state index contributed by atoms with van der Waals surface area (Å²) in [4.78, 5) is 11.2. The van der Waals surface area contributed by atoms with E-state index in [0.29, 0.717) is 5.92 Å². The summed E-state index contributed by atoms with van der Waals surface area (Å²) in [7, 11) is 3.11. The van der Waals surface area contributed by atoms with Crippen LogP contribution >= 0.6 is 0 Å². The van der Waals surface area contributed by atoms with Crippen LogP contribution in [0, 0.1) is 5.92 Å². The van der Waals surface area contributed by atoms with Gasteiger partial charge in [0.1, 0.15) is 5.75 Å². The molecule has 0 amide bonds. The Morgan fingerprint density at radius 2 is 1.81 bits per heavy atom. The van der Waals surface area contributed by atoms with E-state index in [1.54, 1.807) is 7.11 Å². The SMILES string of the molecule is COC(=O)C1CC(c2ccc(OC)cc2)C1. The first-order valence-corrected chi connectivity index (χ1v) is 5.46. The molecule has 2 rings (SSSR count). The van der Waals surface area contributed by atoms with Crippen molar-refractivity contribution in [3.63, 3.8) is 0 Å². The second-order valence-electron chi connectivity index (χ2n) is 4.16. The van der Waals surface area contributed by atoms with Crippen molar-refractivity contribution in [3.8, 4) is 5.75 Å². The van der Waals surface area contributed by atoms with Gasteiger partial charge in [0.25, 0.3) is 0 Å². The molecule has 0 spiro atoms. The van der Waals surface area contributed by atoms with Crippen LogP contribution in [0.15, 0.2) is 24.3 Å². The van der Waals surface area contributed by atoms with Gasteiger partial charge in [-0.1, -0.05) is 12.1 Å². The number of carbonyl (C=O) groups excluding carboxylic acids is 1. The summed E-state index contributed by atoms with van der Waals surface area (Å²) in [5.41, 5.74) is 1.28. The van der Waals surface area contributed by atoms with Crippen molar-refractivity contribution in [1.82, 2.24) is 0 Å². The van der Waals surface area contributed by atoms with Gasteiger partial charge in [-0.2, -0.15) is 0 Å². The molecule has 3 nitrogen and oxygen atoms in total. The van der Waals surface area contributed by atoms with E-state index in [-0.39, 0.29) is 11.9 Å². The second kappa shape index (κ2) is 4.56. The molecule has 0 atom stereocenters. The summed E-state index contributed by atoms with van der Waals surface area (Å²) < 4.78 is 9.82. The minimum Gasteiger partial charge on any atom is -0.497 e. The van der Waals surface area contributed by atoms with Gasteiger partial charge in [-0.25, -0.2) is 0 Å².